The van der Waals surface area contributed by atoms with E-state index in [9.17, 15) is 14.7 Å². The van der Waals surface area contributed by atoms with Crippen LogP contribution in [0.5, 0.6) is 0 Å². The molecule has 0 aliphatic carbocycles. The van der Waals surface area contributed by atoms with Crippen molar-refractivity contribution < 1.29 is 9.90 Å². The number of aromatic carboxylic acids is 1. The molecule has 0 bridgehead atoms. The zero-order valence-electron chi connectivity index (χ0n) is 14.3. The van der Waals surface area contributed by atoms with Gasteiger partial charge in [0.05, 0.1) is 28.8 Å². The molecule has 1 aromatic heterocycles. The summed E-state index contributed by atoms with van der Waals surface area (Å²) in [4.78, 5) is 28.2. The van der Waals surface area contributed by atoms with Crippen molar-refractivity contribution in [2.45, 2.75) is 19.9 Å². The topological polar surface area (TPSA) is 84.2 Å². The molecule has 2 aromatic carbocycles. The fourth-order valence-electron chi connectivity index (χ4n) is 2.94. The number of nitrogens with one attached hydrogen (secondary N) is 1. The van der Waals surface area contributed by atoms with Gasteiger partial charge in [0.2, 0.25) is 0 Å². The van der Waals surface area contributed by atoms with Crippen molar-refractivity contribution in [1.82, 2.24) is 9.55 Å². The molecule has 128 valence electrons. The first-order valence-corrected chi connectivity index (χ1v) is 7.93. The number of carbonyl (C=O) groups is 1. The number of carboxylic acid groups (broad SMARTS) is 1. The second-order valence-electron chi connectivity index (χ2n) is 6.13. The van der Waals surface area contributed by atoms with Crippen molar-refractivity contribution in [1.29, 1.82) is 0 Å². The predicted octanol–water partition coefficient (Wildman–Crippen LogP) is 3.11. The molecule has 1 unspecified atom stereocenters. The molecule has 3 rings (SSSR count). The van der Waals surface area contributed by atoms with Crippen molar-refractivity contribution in [3.63, 3.8) is 0 Å². The lowest BCUT2D eigenvalue weighted by molar-refractivity contribution is 0.0698. The molecule has 0 spiro atoms. The highest BCUT2D eigenvalue weighted by Gasteiger charge is 2.16. The van der Waals surface area contributed by atoms with Gasteiger partial charge in [-0.3, -0.25) is 4.79 Å². The van der Waals surface area contributed by atoms with Crippen LogP contribution in [-0.4, -0.2) is 20.6 Å². The maximum Gasteiger partial charge on any atom is 0.337 e. The minimum absolute atomic E-state index is 0.104. The quantitative estimate of drug-likeness (QED) is 0.764. The third-order valence-electron chi connectivity index (χ3n) is 4.19. The number of aromatic nitrogens is 2. The number of hydrogen-bond acceptors (Lipinski definition) is 4. The number of benzene rings is 2. The fraction of sp³-hybridized carbons (Fsp3) is 0.211. The maximum absolute atomic E-state index is 12.4. The molecular weight excluding hydrogens is 318 g/mol. The third kappa shape index (κ3) is 3.10. The number of anilines is 1. The highest BCUT2D eigenvalue weighted by atomic mass is 16.4. The zero-order chi connectivity index (χ0) is 18.1. The van der Waals surface area contributed by atoms with Gasteiger partial charge in [-0.15, -0.1) is 0 Å². The molecule has 0 amide bonds. The van der Waals surface area contributed by atoms with Crippen LogP contribution in [0.25, 0.3) is 10.9 Å². The summed E-state index contributed by atoms with van der Waals surface area (Å²) in [6.45, 7) is 3.85. The summed E-state index contributed by atoms with van der Waals surface area (Å²) in [5.41, 5.74) is 3.06. The fourth-order valence-corrected chi connectivity index (χ4v) is 2.94. The highest BCUT2D eigenvalue weighted by Crippen LogP contribution is 2.27. The van der Waals surface area contributed by atoms with E-state index in [2.05, 4.69) is 10.3 Å². The van der Waals surface area contributed by atoms with Crippen LogP contribution in [0.2, 0.25) is 0 Å². The number of fused-ring (bicyclic) bond motifs is 1. The molecule has 0 aliphatic rings. The summed E-state index contributed by atoms with van der Waals surface area (Å²) in [6.07, 6.45) is 1.50. The molecule has 0 aliphatic heterocycles. The smallest absolute Gasteiger partial charge is 0.337 e. The summed E-state index contributed by atoms with van der Waals surface area (Å²) >= 11 is 0. The van der Waals surface area contributed by atoms with Crippen LogP contribution in [0.3, 0.4) is 0 Å². The van der Waals surface area contributed by atoms with Gasteiger partial charge < -0.3 is 15.0 Å². The Morgan fingerprint density at radius 2 is 2.00 bits per heavy atom. The monoisotopic (exact) mass is 337 g/mol. The summed E-state index contributed by atoms with van der Waals surface area (Å²) in [6, 6.07) is 10.3. The van der Waals surface area contributed by atoms with Gasteiger partial charge in [-0.05, 0) is 37.6 Å². The average molecular weight is 337 g/mol. The Morgan fingerprint density at radius 1 is 1.28 bits per heavy atom. The molecular formula is C19H19N3O3. The van der Waals surface area contributed by atoms with Crippen molar-refractivity contribution in [3.05, 3.63) is 69.8 Å². The minimum atomic E-state index is -0.989. The molecule has 6 heteroatoms. The number of hydrogen-bond donors (Lipinski definition) is 2. The van der Waals surface area contributed by atoms with Gasteiger partial charge in [-0.1, -0.05) is 18.2 Å². The lowest BCUT2D eigenvalue weighted by Crippen LogP contribution is -2.19. The Labute approximate surface area is 144 Å². The Balaban J connectivity index is 2.09. The van der Waals surface area contributed by atoms with Gasteiger partial charge in [0.25, 0.3) is 5.56 Å². The van der Waals surface area contributed by atoms with Crippen LogP contribution in [0.1, 0.15) is 34.5 Å². The standard InChI is InChI=1S/C19H19N3O3/c1-11-8-14(17-15(9-11)18(23)22(3)10-20-17)12(2)21-16-7-5-4-6-13(16)19(24)25/h4-10,12,21H,1-3H3,(H,24,25). The largest absolute Gasteiger partial charge is 0.478 e. The number of aryl methyl sites for hydroxylation is 2. The SMILES string of the molecule is Cc1cc(C(C)Nc2ccccc2C(=O)O)c2ncn(C)c(=O)c2c1. The van der Waals surface area contributed by atoms with E-state index in [1.54, 1.807) is 31.3 Å². The minimum Gasteiger partial charge on any atom is -0.478 e. The molecule has 0 saturated carbocycles. The van der Waals surface area contributed by atoms with Gasteiger partial charge in [0.1, 0.15) is 0 Å². The van der Waals surface area contributed by atoms with Gasteiger partial charge in [0, 0.05) is 18.3 Å². The van der Waals surface area contributed by atoms with Gasteiger partial charge >= 0.3 is 5.97 Å². The number of nitrogens with zero attached hydrogens (tertiary/aromatic N) is 2. The van der Waals surface area contributed by atoms with Crippen molar-refractivity contribution in [2.24, 2.45) is 7.05 Å². The van der Waals surface area contributed by atoms with Gasteiger partial charge in [-0.25, -0.2) is 9.78 Å². The van der Waals surface area contributed by atoms with E-state index in [0.29, 0.717) is 16.6 Å². The number of para-hydroxylation sites is 1. The first-order chi connectivity index (χ1) is 11.9. The Bertz CT molecular complexity index is 1020. The molecule has 1 heterocycles. The maximum atomic E-state index is 12.4. The molecule has 0 radical (unpaired) electrons. The zero-order valence-corrected chi connectivity index (χ0v) is 14.3. The third-order valence-corrected chi connectivity index (χ3v) is 4.19. The van der Waals surface area contributed by atoms with Crippen LogP contribution < -0.4 is 10.9 Å². The molecule has 0 fully saturated rings. The predicted molar refractivity (Wildman–Crippen MR) is 97.2 cm³/mol. The second-order valence-corrected chi connectivity index (χ2v) is 6.13. The first kappa shape index (κ1) is 16.7. The molecule has 3 aromatic rings. The van der Waals surface area contributed by atoms with E-state index in [1.165, 1.54) is 10.9 Å². The average Bonchev–Trinajstić information content (AvgIpc) is 2.58. The highest BCUT2D eigenvalue weighted by molar-refractivity contribution is 5.94. The van der Waals surface area contributed by atoms with Crippen molar-refractivity contribution in [2.75, 3.05) is 5.32 Å². The summed E-state index contributed by atoms with van der Waals surface area (Å²) in [5, 5.41) is 13.1. The summed E-state index contributed by atoms with van der Waals surface area (Å²) in [7, 11) is 1.67. The second kappa shape index (κ2) is 6.39. The first-order valence-electron chi connectivity index (χ1n) is 7.93. The van der Waals surface area contributed by atoms with E-state index >= 15 is 0 Å². The lowest BCUT2D eigenvalue weighted by Gasteiger charge is -2.19. The van der Waals surface area contributed by atoms with Crippen LogP contribution >= 0.6 is 0 Å². The van der Waals surface area contributed by atoms with Crippen LogP contribution in [0.4, 0.5) is 5.69 Å². The molecule has 25 heavy (non-hydrogen) atoms. The van der Waals surface area contributed by atoms with Gasteiger partial charge in [-0.2, -0.15) is 0 Å². The summed E-state index contributed by atoms with van der Waals surface area (Å²) in [5.74, 6) is -0.989. The van der Waals surface area contributed by atoms with Gasteiger partial charge in [0.15, 0.2) is 0 Å². The van der Waals surface area contributed by atoms with E-state index < -0.39 is 5.97 Å². The number of rotatable bonds is 4. The van der Waals surface area contributed by atoms with Crippen LogP contribution in [0, 0.1) is 6.92 Å². The Hall–Kier alpha value is -3.15. The number of carboxylic acids is 1. The van der Waals surface area contributed by atoms with E-state index in [4.69, 9.17) is 0 Å². The Kier molecular flexibility index (Phi) is 4.27. The van der Waals surface area contributed by atoms with Crippen molar-refractivity contribution in [3.8, 4) is 0 Å². The normalized spacial score (nSPS) is 12.1. The van der Waals surface area contributed by atoms with Crippen molar-refractivity contribution >= 4 is 22.6 Å². The van der Waals surface area contributed by atoms with Crippen LogP contribution in [-0.2, 0) is 7.05 Å². The molecule has 1 atom stereocenters. The molecule has 2 N–H and O–H groups in total. The molecule has 0 saturated heterocycles. The van der Waals surface area contributed by atoms with E-state index in [-0.39, 0.29) is 17.2 Å². The van der Waals surface area contributed by atoms with E-state index in [1.807, 2.05) is 26.0 Å². The molecule has 6 nitrogen and oxygen atoms in total. The van der Waals surface area contributed by atoms with Crippen LogP contribution in [0.15, 0.2) is 47.5 Å². The summed E-state index contributed by atoms with van der Waals surface area (Å²) < 4.78 is 1.45. The lowest BCUT2D eigenvalue weighted by atomic mass is 10.0. The van der Waals surface area contributed by atoms with E-state index in [0.717, 1.165) is 11.1 Å². The Morgan fingerprint density at radius 3 is 2.72 bits per heavy atom.